The number of nitrogens with zero attached hydrogens (tertiary/aromatic N) is 1. The molecule has 0 radical (unpaired) electrons. The van der Waals surface area contributed by atoms with E-state index in [1.807, 2.05) is 20.8 Å². The lowest BCUT2D eigenvalue weighted by Gasteiger charge is -2.35. The SMILES string of the molecule is CCC(C)(C)NC(=O)N1CCC(OCCC(=O)O)CC1. The first-order chi connectivity index (χ1) is 9.34. The number of aliphatic carboxylic acids is 1. The highest BCUT2D eigenvalue weighted by molar-refractivity contribution is 5.75. The number of rotatable bonds is 6. The lowest BCUT2D eigenvalue weighted by atomic mass is 10.0. The predicted octanol–water partition coefficient (Wildman–Crippen LogP) is 1.84. The van der Waals surface area contributed by atoms with Gasteiger partial charge < -0.3 is 20.1 Å². The summed E-state index contributed by atoms with van der Waals surface area (Å²) in [6.07, 6.45) is 2.51. The number of carboxylic acid groups (broad SMARTS) is 1. The van der Waals surface area contributed by atoms with Crippen LogP contribution in [0, 0.1) is 0 Å². The van der Waals surface area contributed by atoms with E-state index in [-0.39, 0.29) is 30.7 Å². The molecule has 0 aromatic rings. The summed E-state index contributed by atoms with van der Waals surface area (Å²) < 4.78 is 5.50. The molecule has 116 valence electrons. The van der Waals surface area contributed by atoms with Crippen molar-refractivity contribution in [2.45, 2.75) is 58.1 Å². The molecule has 1 aliphatic rings. The topological polar surface area (TPSA) is 78.9 Å². The first-order valence-electron chi connectivity index (χ1n) is 7.24. The van der Waals surface area contributed by atoms with Crippen molar-refractivity contribution in [3.8, 4) is 0 Å². The molecular formula is C14H26N2O4. The number of carbonyl (C=O) groups is 2. The van der Waals surface area contributed by atoms with Crippen molar-refractivity contribution in [2.24, 2.45) is 0 Å². The van der Waals surface area contributed by atoms with E-state index in [0.717, 1.165) is 19.3 Å². The minimum atomic E-state index is -0.844. The van der Waals surface area contributed by atoms with Gasteiger partial charge in [-0.05, 0) is 33.1 Å². The van der Waals surface area contributed by atoms with Crippen LogP contribution in [0.3, 0.4) is 0 Å². The standard InChI is InChI=1S/C14H26N2O4/c1-4-14(2,3)15-13(19)16-8-5-11(6-9-16)20-10-7-12(17)18/h11H,4-10H2,1-3H3,(H,15,19)(H,17,18). The van der Waals surface area contributed by atoms with Gasteiger partial charge in [0.2, 0.25) is 0 Å². The van der Waals surface area contributed by atoms with Gasteiger partial charge in [0.1, 0.15) is 0 Å². The second-order valence-electron chi connectivity index (χ2n) is 5.87. The molecule has 1 rings (SSSR count). The molecule has 1 heterocycles. The van der Waals surface area contributed by atoms with E-state index in [9.17, 15) is 9.59 Å². The summed E-state index contributed by atoms with van der Waals surface area (Å²) in [5.74, 6) is -0.844. The van der Waals surface area contributed by atoms with Crippen LogP contribution in [0.15, 0.2) is 0 Å². The smallest absolute Gasteiger partial charge is 0.317 e. The quantitative estimate of drug-likeness (QED) is 0.781. The molecule has 1 saturated heterocycles. The summed E-state index contributed by atoms with van der Waals surface area (Å²) in [7, 11) is 0. The third-order valence-corrected chi connectivity index (χ3v) is 3.73. The van der Waals surface area contributed by atoms with Gasteiger partial charge in [-0.3, -0.25) is 4.79 Å². The fraction of sp³-hybridized carbons (Fsp3) is 0.857. The highest BCUT2D eigenvalue weighted by Crippen LogP contribution is 2.15. The summed E-state index contributed by atoms with van der Waals surface area (Å²) >= 11 is 0. The van der Waals surface area contributed by atoms with Crippen molar-refractivity contribution < 1.29 is 19.4 Å². The Labute approximate surface area is 120 Å². The lowest BCUT2D eigenvalue weighted by molar-refractivity contribution is -0.138. The number of urea groups is 1. The first kappa shape index (κ1) is 16.8. The number of carboxylic acids is 1. The molecule has 6 heteroatoms. The van der Waals surface area contributed by atoms with Crippen molar-refractivity contribution >= 4 is 12.0 Å². The van der Waals surface area contributed by atoms with E-state index in [1.165, 1.54) is 0 Å². The Hall–Kier alpha value is -1.30. The highest BCUT2D eigenvalue weighted by Gasteiger charge is 2.26. The van der Waals surface area contributed by atoms with Gasteiger partial charge in [0, 0.05) is 18.6 Å². The maximum absolute atomic E-state index is 12.1. The Balaban J connectivity index is 2.27. The van der Waals surface area contributed by atoms with E-state index < -0.39 is 5.97 Å². The summed E-state index contributed by atoms with van der Waals surface area (Å²) in [6.45, 7) is 7.62. The molecule has 1 aliphatic heterocycles. The maximum atomic E-state index is 12.1. The Bertz CT molecular complexity index is 336. The second kappa shape index (κ2) is 7.47. The van der Waals surface area contributed by atoms with Crippen LogP contribution in [-0.4, -0.2) is 53.3 Å². The van der Waals surface area contributed by atoms with Gasteiger partial charge in [-0.15, -0.1) is 0 Å². The van der Waals surface area contributed by atoms with Crippen molar-refractivity contribution in [1.29, 1.82) is 0 Å². The number of carbonyl (C=O) groups excluding carboxylic acids is 1. The zero-order valence-corrected chi connectivity index (χ0v) is 12.6. The average molecular weight is 286 g/mol. The zero-order valence-electron chi connectivity index (χ0n) is 12.6. The number of likely N-dealkylation sites (tertiary alicyclic amines) is 1. The van der Waals surface area contributed by atoms with Crippen LogP contribution in [0.25, 0.3) is 0 Å². The third kappa shape index (κ3) is 5.77. The third-order valence-electron chi connectivity index (χ3n) is 3.73. The minimum absolute atomic E-state index is 0.0270. The van der Waals surface area contributed by atoms with Crippen molar-refractivity contribution in [2.75, 3.05) is 19.7 Å². The largest absolute Gasteiger partial charge is 0.481 e. The van der Waals surface area contributed by atoms with Crippen LogP contribution in [0.5, 0.6) is 0 Å². The van der Waals surface area contributed by atoms with Gasteiger partial charge in [-0.2, -0.15) is 0 Å². The second-order valence-corrected chi connectivity index (χ2v) is 5.87. The van der Waals surface area contributed by atoms with E-state index >= 15 is 0 Å². The van der Waals surface area contributed by atoms with Crippen molar-refractivity contribution in [3.05, 3.63) is 0 Å². The van der Waals surface area contributed by atoms with Gasteiger partial charge in [-0.1, -0.05) is 6.92 Å². The van der Waals surface area contributed by atoms with Crippen LogP contribution in [0.1, 0.15) is 46.5 Å². The molecule has 2 amide bonds. The summed E-state index contributed by atoms with van der Waals surface area (Å²) in [4.78, 5) is 24.3. The number of amides is 2. The zero-order chi connectivity index (χ0) is 15.2. The van der Waals surface area contributed by atoms with Crippen LogP contribution in [-0.2, 0) is 9.53 Å². The molecule has 20 heavy (non-hydrogen) atoms. The molecule has 0 aromatic carbocycles. The van der Waals surface area contributed by atoms with E-state index in [4.69, 9.17) is 9.84 Å². The number of hydrogen-bond donors (Lipinski definition) is 2. The highest BCUT2D eigenvalue weighted by atomic mass is 16.5. The molecule has 0 unspecified atom stereocenters. The van der Waals surface area contributed by atoms with Gasteiger partial charge in [0.15, 0.2) is 0 Å². The van der Waals surface area contributed by atoms with E-state index in [2.05, 4.69) is 5.32 Å². The van der Waals surface area contributed by atoms with Crippen LogP contribution >= 0.6 is 0 Å². The Morgan fingerprint density at radius 1 is 1.35 bits per heavy atom. The van der Waals surface area contributed by atoms with E-state index in [0.29, 0.717) is 13.1 Å². The lowest BCUT2D eigenvalue weighted by Crippen LogP contribution is -2.52. The Morgan fingerprint density at radius 3 is 2.45 bits per heavy atom. The summed E-state index contributed by atoms with van der Waals surface area (Å²) in [5.41, 5.74) is -0.189. The normalized spacial score (nSPS) is 17.1. The fourth-order valence-corrected chi connectivity index (χ4v) is 2.00. The molecule has 1 fully saturated rings. The maximum Gasteiger partial charge on any atom is 0.317 e. The number of ether oxygens (including phenoxy) is 1. The number of hydrogen-bond acceptors (Lipinski definition) is 3. The molecular weight excluding hydrogens is 260 g/mol. The molecule has 0 aromatic heterocycles. The van der Waals surface area contributed by atoms with Gasteiger partial charge in [0.25, 0.3) is 0 Å². The number of nitrogens with one attached hydrogen (secondary N) is 1. The van der Waals surface area contributed by atoms with Crippen LogP contribution < -0.4 is 5.32 Å². The van der Waals surface area contributed by atoms with Crippen LogP contribution in [0.4, 0.5) is 4.79 Å². The predicted molar refractivity (Wildman–Crippen MR) is 75.7 cm³/mol. The average Bonchev–Trinajstić information content (AvgIpc) is 2.38. The van der Waals surface area contributed by atoms with Gasteiger partial charge in [0.05, 0.1) is 19.1 Å². The van der Waals surface area contributed by atoms with Crippen molar-refractivity contribution in [1.82, 2.24) is 10.2 Å². The van der Waals surface area contributed by atoms with Crippen molar-refractivity contribution in [3.63, 3.8) is 0 Å². The molecule has 6 nitrogen and oxygen atoms in total. The summed E-state index contributed by atoms with van der Waals surface area (Å²) in [6, 6.07) is -0.0270. The monoisotopic (exact) mass is 286 g/mol. The molecule has 0 aliphatic carbocycles. The fourth-order valence-electron chi connectivity index (χ4n) is 2.00. The summed E-state index contributed by atoms with van der Waals surface area (Å²) in [5, 5.41) is 11.6. The van der Waals surface area contributed by atoms with Gasteiger partial charge >= 0.3 is 12.0 Å². The Morgan fingerprint density at radius 2 is 1.95 bits per heavy atom. The minimum Gasteiger partial charge on any atom is -0.481 e. The molecule has 2 N–H and O–H groups in total. The molecule has 0 bridgehead atoms. The van der Waals surface area contributed by atoms with Crippen LogP contribution in [0.2, 0.25) is 0 Å². The molecule has 0 spiro atoms. The molecule has 0 saturated carbocycles. The molecule has 0 atom stereocenters. The van der Waals surface area contributed by atoms with Gasteiger partial charge in [-0.25, -0.2) is 4.79 Å². The first-order valence-corrected chi connectivity index (χ1v) is 7.24. The van der Waals surface area contributed by atoms with E-state index in [1.54, 1.807) is 4.90 Å². The number of piperidine rings is 1. The Kier molecular flexibility index (Phi) is 6.26.